The van der Waals surface area contributed by atoms with Crippen LogP contribution < -0.4 is 13.6 Å². The number of carbonyl (C=O) groups excluding carboxylic acids is 1. The first kappa shape index (κ1) is 23.8. The molecule has 0 spiro atoms. The Labute approximate surface area is 167 Å². The van der Waals surface area contributed by atoms with E-state index in [1.54, 1.807) is 19.1 Å². The molecule has 154 valence electrons. The zero-order valence-corrected chi connectivity index (χ0v) is 21.1. The molecule has 0 unspecified atom stereocenters. The monoisotopic (exact) mass is 410 g/mol. The highest BCUT2D eigenvalue weighted by Crippen LogP contribution is 2.44. The van der Waals surface area contributed by atoms with Gasteiger partial charge in [0.2, 0.25) is 0 Å². The molecule has 0 saturated carbocycles. The smallest absolute Gasteiger partial charge is 0.310 e. The van der Waals surface area contributed by atoms with E-state index in [-0.39, 0.29) is 16.0 Å². The van der Waals surface area contributed by atoms with Gasteiger partial charge in [-0.25, -0.2) is 0 Å². The van der Waals surface area contributed by atoms with E-state index in [0.29, 0.717) is 17.9 Å². The van der Waals surface area contributed by atoms with Crippen LogP contribution in [0.25, 0.3) is 0 Å². The first-order valence-electron chi connectivity index (χ1n) is 9.73. The van der Waals surface area contributed by atoms with Crippen molar-refractivity contribution in [1.29, 1.82) is 0 Å². The summed E-state index contributed by atoms with van der Waals surface area (Å²) in [5, 5.41) is 0.131. The summed E-state index contributed by atoms with van der Waals surface area (Å²) in [7, 11) is -4.10. The number of carbonyl (C=O) groups is 1. The van der Waals surface area contributed by atoms with Crippen LogP contribution in [0.15, 0.2) is 18.2 Å². The summed E-state index contributed by atoms with van der Waals surface area (Å²) in [5.41, 5.74) is 0. The Morgan fingerprint density at radius 2 is 1.30 bits per heavy atom. The van der Waals surface area contributed by atoms with Gasteiger partial charge in [0.25, 0.3) is 16.6 Å². The Kier molecular flexibility index (Phi) is 7.03. The topological polar surface area (TPSA) is 44.8 Å². The SMILES string of the molecule is CCC(=O)Oc1ccc(O[Si](C)(C)C(C)(C)C)c(O[Si](C)(C)C(C)(C)C)c1. The van der Waals surface area contributed by atoms with E-state index in [1.165, 1.54) is 0 Å². The number of esters is 1. The van der Waals surface area contributed by atoms with Gasteiger partial charge in [-0.15, -0.1) is 0 Å². The lowest BCUT2D eigenvalue weighted by molar-refractivity contribution is -0.134. The quantitative estimate of drug-likeness (QED) is 0.295. The van der Waals surface area contributed by atoms with Crippen LogP contribution in [0, 0.1) is 0 Å². The van der Waals surface area contributed by atoms with Crippen LogP contribution in [0.5, 0.6) is 17.2 Å². The van der Waals surface area contributed by atoms with Gasteiger partial charge >= 0.3 is 5.97 Å². The van der Waals surface area contributed by atoms with Crippen molar-refractivity contribution in [3.63, 3.8) is 0 Å². The molecule has 4 nitrogen and oxygen atoms in total. The van der Waals surface area contributed by atoms with E-state index in [9.17, 15) is 4.79 Å². The van der Waals surface area contributed by atoms with Crippen LogP contribution in [0.3, 0.4) is 0 Å². The predicted molar refractivity (Wildman–Crippen MR) is 118 cm³/mol. The lowest BCUT2D eigenvalue weighted by Crippen LogP contribution is -2.45. The summed E-state index contributed by atoms with van der Waals surface area (Å²) in [6.07, 6.45) is 0.334. The van der Waals surface area contributed by atoms with Crippen LogP contribution in [0.2, 0.25) is 36.3 Å². The van der Waals surface area contributed by atoms with E-state index in [0.717, 1.165) is 5.75 Å². The molecule has 0 bridgehead atoms. The Hall–Kier alpha value is -1.28. The average molecular weight is 411 g/mol. The molecule has 6 heteroatoms. The normalized spacial score (nSPS) is 13.3. The second kappa shape index (κ2) is 7.99. The van der Waals surface area contributed by atoms with Gasteiger partial charge in [-0.1, -0.05) is 48.5 Å². The summed E-state index contributed by atoms with van der Waals surface area (Å²) in [5.74, 6) is 1.65. The summed E-state index contributed by atoms with van der Waals surface area (Å²) >= 11 is 0. The molecule has 1 aromatic carbocycles. The van der Waals surface area contributed by atoms with Crippen molar-refractivity contribution >= 4 is 22.6 Å². The Bertz CT molecular complexity index is 668. The fourth-order valence-corrected chi connectivity index (χ4v) is 3.82. The summed E-state index contributed by atoms with van der Waals surface area (Å²) in [6.45, 7) is 23.9. The zero-order valence-electron chi connectivity index (χ0n) is 19.1. The highest BCUT2D eigenvalue weighted by molar-refractivity contribution is 6.75. The second-order valence-corrected chi connectivity index (χ2v) is 19.6. The van der Waals surface area contributed by atoms with Crippen LogP contribution in [-0.2, 0) is 4.79 Å². The van der Waals surface area contributed by atoms with Crippen LogP contribution in [-0.4, -0.2) is 22.6 Å². The van der Waals surface area contributed by atoms with E-state index in [4.69, 9.17) is 13.6 Å². The molecule has 0 atom stereocenters. The second-order valence-electron chi connectivity index (χ2n) is 10.2. The molecule has 0 radical (unpaired) electrons. The number of ether oxygens (including phenoxy) is 1. The largest absolute Gasteiger partial charge is 0.541 e. The predicted octanol–water partition coefficient (Wildman–Crippen LogP) is 6.77. The van der Waals surface area contributed by atoms with Crippen molar-refractivity contribution in [1.82, 2.24) is 0 Å². The van der Waals surface area contributed by atoms with E-state index < -0.39 is 16.6 Å². The molecular formula is C21H38O4Si2. The van der Waals surface area contributed by atoms with Crippen LogP contribution in [0.1, 0.15) is 54.9 Å². The third kappa shape index (κ3) is 6.11. The lowest BCUT2D eigenvalue weighted by atomic mass is 10.2. The number of benzene rings is 1. The number of hydrogen-bond donors (Lipinski definition) is 0. The van der Waals surface area contributed by atoms with Crippen LogP contribution in [0.4, 0.5) is 0 Å². The molecule has 1 aromatic rings. The van der Waals surface area contributed by atoms with E-state index in [2.05, 4.69) is 67.7 Å². The molecule has 0 N–H and O–H groups in total. The molecule has 0 aromatic heterocycles. The fraction of sp³-hybridized carbons (Fsp3) is 0.667. The molecule has 27 heavy (non-hydrogen) atoms. The van der Waals surface area contributed by atoms with E-state index >= 15 is 0 Å². The molecule has 0 saturated heterocycles. The Morgan fingerprint density at radius 3 is 1.70 bits per heavy atom. The van der Waals surface area contributed by atoms with Gasteiger partial charge in [0.1, 0.15) is 17.2 Å². The minimum Gasteiger partial charge on any atom is -0.541 e. The van der Waals surface area contributed by atoms with Gasteiger partial charge < -0.3 is 13.6 Å². The van der Waals surface area contributed by atoms with Gasteiger partial charge in [-0.2, -0.15) is 0 Å². The highest BCUT2D eigenvalue weighted by atomic mass is 28.4. The maximum Gasteiger partial charge on any atom is 0.310 e. The van der Waals surface area contributed by atoms with Gasteiger partial charge in [0.15, 0.2) is 0 Å². The lowest BCUT2D eigenvalue weighted by Gasteiger charge is -2.39. The average Bonchev–Trinajstić information content (AvgIpc) is 2.47. The highest BCUT2D eigenvalue weighted by Gasteiger charge is 2.42. The van der Waals surface area contributed by atoms with Crippen molar-refractivity contribution in [2.24, 2.45) is 0 Å². The molecule has 0 heterocycles. The Morgan fingerprint density at radius 1 is 0.852 bits per heavy atom. The third-order valence-corrected chi connectivity index (χ3v) is 14.5. The van der Waals surface area contributed by atoms with Crippen molar-refractivity contribution in [2.45, 2.75) is 91.2 Å². The van der Waals surface area contributed by atoms with E-state index in [1.807, 2.05) is 6.07 Å². The summed E-state index contributed by atoms with van der Waals surface area (Å²) in [4.78, 5) is 11.7. The summed E-state index contributed by atoms with van der Waals surface area (Å²) < 4.78 is 18.5. The molecule has 0 aliphatic carbocycles. The molecular weight excluding hydrogens is 372 g/mol. The molecule has 1 rings (SSSR count). The fourth-order valence-electron chi connectivity index (χ4n) is 1.78. The minimum atomic E-state index is -2.07. The molecule has 0 aliphatic rings. The van der Waals surface area contributed by atoms with Crippen molar-refractivity contribution in [2.75, 3.05) is 0 Å². The summed E-state index contributed by atoms with van der Waals surface area (Å²) in [6, 6.07) is 5.46. The number of hydrogen-bond acceptors (Lipinski definition) is 4. The first-order valence-corrected chi connectivity index (χ1v) is 15.5. The third-order valence-electron chi connectivity index (χ3n) is 5.78. The molecule has 0 fully saturated rings. The van der Waals surface area contributed by atoms with Crippen molar-refractivity contribution < 1.29 is 18.4 Å². The zero-order chi connectivity index (χ0) is 21.3. The van der Waals surface area contributed by atoms with Gasteiger partial charge in [0.05, 0.1) is 0 Å². The maximum atomic E-state index is 11.7. The molecule has 0 amide bonds. The van der Waals surface area contributed by atoms with Crippen LogP contribution >= 0.6 is 0 Å². The maximum absolute atomic E-state index is 11.7. The minimum absolute atomic E-state index is 0.0529. The van der Waals surface area contributed by atoms with Gasteiger partial charge in [-0.3, -0.25) is 4.79 Å². The van der Waals surface area contributed by atoms with Crippen molar-refractivity contribution in [3.05, 3.63) is 18.2 Å². The number of rotatable bonds is 6. The first-order chi connectivity index (χ1) is 12.0. The van der Waals surface area contributed by atoms with Crippen molar-refractivity contribution in [3.8, 4) is 17.2 Å². The molecule has 0 aliphatic heterocycles. The Balaban J connectivity index is 3.35. The standard InChI is InChI=1S/C21H38O4Si2/c1-12-19(22)23-16-13-14-17(24-26(8,9)20(2,3)4)18(15-16)25-27(10,11)21(5,6)7/h13-15H,12H2,1-11H3. The van der Waals surface area contributed by atoms with Gasteiger partial charge in [0, 0.05) is 12.5 Å². The van der Waals surface area contributed by atoms with Gasteiger partial charge in [-0.05, 0) is 48.4 Å².